The minimum atomic E-state index is -0.283. The number of benzene rings is 2. The lowest BCUT2D eigenvalue weighted by atomic mass is 10.2. The largest absolute Gasteiger partial charge is 0.284 e. The molecule has 0 aliphatic rings. The van der Waals surface area contributed by atoms with Crippen LogP contribution in [0.2, 0.25) is 0 Å². The number of nitrogens with zero attached hydrogens (tertiary/aromatic N) is 2. The maximum Gasteiger partial charge on any atom is 0.260 e. The Kier molecular flexibility index (Phi) is 5.06. The van der Waals surface area contributed by atoms with Gasteiger partial charge in [-0.05, 0) is 55.5 Å². The zero-order valence-electron chi connectivity index (χ0n) is 12.9. The van der Waals surface area contributed by atoms with Crippen LogP contribution >= 0.6 is 27.3 Å². The molecule has 3 rings (SSSR count). The molecule has 6 heteroatoms. The Balaban J connectivity index is 1.87. The second kappa shape index (κ2) is 7.23. The summed E-state index contributed by atoms with van der Waals surface area (Å²) in [6.07, 6.45) is 0. The van der Waals surface area contributed by atoms with Gasteiger partial charge in [-0.3, -0.25) is 9.69 Å². The molecule has 0 fully saturated rings. The van der Waals surface area contributed by atoms with Crippen LogP contribution in [0.25, 0.3) is 11.3 Å². The van der Waals surface area contributed by atoms with Gasteiger partial charge in [0, 0.05) is 27.5 Å². The van der Waals surface area contributed by atoms with Crippen LogP contribution < -0.4 is 4.90 Å². The summed E-state index contributed by atoms with van der Waals surface area (Å²) in [6.45, 7) is 2.43. The lowest BCUT2D eigenvalue weighted by molar-refractivity contribution is 0.0988. The van der Waals surface area contributed by atoms with Crippen LogP contribution in [0.5, 0.6) is 0 Å². The average molecular weight is 405 g/mol. The first-order valence-corrected chi connectivity index (χ1v) is 9.04. The normalized spacial score (nSPS) is 10.6. The van der Waals surface area contributed by atoms with Crippen molar-refractivity contribution in [3.8, 4) is 11.3 Å². The molecule has 0 N–H and O–H groups in total. The lowest BCUT2D eigenvalue weighted by Crippen LogP contribution is -2.30. The molecule has 0 saturated carbocycles. The summed E-state index contributed by atoms with van der Waals surface area (Å²) in [5.74, 6) is -0.375. The topological polar surface area (TPSA) is 33.2 Å². The van der Waals surface area contributed by atoms with Gasteiger partial charge in [0.25, 0.3) is 5.91 Å². The van der Waals surface area contributed by atoms with Crippen LogP contribution in [0, 0.1) is 5.82 Å². The van der Waals surface area contributed by atoms with Gasteiger partial charge in [0.05, 0.1) is 5.69 Å². The van der Waals surface area contributed by atoms with E-state index in [1.54, 1.807) is 29.2 Å². The molecular formula is C18H14BrFN2OS. The SMILES string of the molecule is CCN(C(=O)c1ccc(Br)cc1)c1nc(-c2ccc(F)cc2)cs1. The first-order valence-electron chi connectivity index (χ1n) is 7.37. The molecule has 0 saturated heterocycles. The number of carbonyl (C=O) groups is 1. The molecule has 122 valence electrons. The summed E-state index contributed by atoms with van der Waals surface area (Å²) in [6, 6.07) is 13.4. The van der Waals surface area contributed by atoms with Crippen LogP contribution in [-0.2, 0) is 0 Å². The molecular weight excluding hydrogens is 391 g/mol. The molecule has 1 heterocycles. The van der Waals surface area contributed by atoms with Crippen molar-refractivity contribution in [3.63, 3.8) is 0 Å². The number of anilines is 1. The number of thiazole rings is 1. The minimum absolute atomic E-state index is 0.0926. The number of halogens is 2. The van der Waals surface area contributed by atoms with E-state index >= 15 is 0 Å². The van der Waals surface area contributed by atoms with E-state index < -0.39 is 0 Å². The van der Waals surface area contributed by atoms with Crippen LogP contribution in [0.15, 0.2) is 58.4 Å². The Bertz CT molecular complexity index is 846. The molecule has 3 nitrogen and oxygen atoms in total. The molecule has 0 bridgehead atoms. The molecule has 0 unspecified atom stereocenters. The zero-order chi connectivity index (χ0) is 17.1. The van der Waals surface area contributed by atoms with Gasteiger partial charge in [0.1, 0.15) is 5.82 Å². The van der Waals surface area contributed by atoms with E-state index in [0.29, 0.717) is 17.2 Å². The number of hydrogen-bond donors (Lipinski definition) is 0. The van der Waals surface area contributed by atoms with E-state index in [0.717, 1.165) is 15.7 Å². The van der Waals surface area contributed by atoms with E-state index in [2.05, 4.69) is 20.9 Å². The molecule has 0 radical (unpaired) electrons. The summed E-state index contributed by atoms with van der Waals surface area (Å²) in [4.78, 5) is 18.9. The fraction of sp³-hybridized carbons (Fsp3) is 0.111. The molecule has 3 aromatic rings. The van der Waals surface area contributed by atoms with Crippen molar-refractivity contribution in [2.45, 2.75) is 6.92 Å². The van der Waals surface area contributed by atoms with E-state index in [1.807, 2.05) is 24.4 Å². The molecule has 0 aliphatic carbocycles. The highest BCUT2D eigenvalue weighted by molar-refractivity contribution is 9.10. The number of amides is 1. The van der Waals surface area contributed by atoms with Gasteiger partial charge in [-0.2, -0.15) is 0 Å². The second-order valence-corrected chi connectivity index (χ2v) is 6.83. The van der Waals surface area contributed by atoms with Crippen molar-refractivity contribution in [2.75, 3.05) is 11.4 Å². The number of hydrogen-bond acceptors (Lipinski definition) is 3. The zero-order valence-corrected chi connectivity index (χ0v) is 15.3. The Morgan fingerprint density at radius 3 is 2.46 bits per heavy atom. The van der Waals surface area contributed by atoms with Crippen molar-refractivity contribution >= 4 is 38.3 Å². The van der Waals surface area contributed by atoms with Crippen molar-refractivity contribution in [2.24, 2.45) is 0 Å². The van der Waals surface area contributed by atoms with Gasteiger partial charge in [0.2, 0.25) is 0 Å². The molecule has 1 aromatic heterocycles. The van der Waals surface area contributed by atoms with Gasteiger partial charge in [-0.25, -0.2) is 9.37 Å². The van der Waals surface area contributed by atoms with Gasteiger partial charge >= 0.3 is 0 Å². The number of aromatic nitrogens is 1. The predicted molar refractivity (Wildman–Crippen MR) is 99.0 cm³/mol. The van der Waals surface area contributed by atoms with Crippen LogP contribution in [-0.4, -0.2) is 17.4 Å². The first-order chi connectivity index (χ1) is 11.6. The first kappa shape index (κ1) is 16.8. The summed E-state index contributed by atoms with van der Waals surface area (Å²) in [7, 11) is 0. The van der Waals surface area contributed by atoms with Crippen molar-refractivity contribution in [1.29, 1.82) is 0 Å². The molecule has 24 heavy (non-hydrogen) atoms. The predicted octanol–water partition coefficient (Wildman–Crippen LogP) is 5.38. The summed E-state index contributed by atoms with van der Waals surface area (Å²) < 4.78 is 14.0. The van der Waals surface area contributed by atoms with Gasteiger partial charge in [0.15, 0.2) is 5.13 Å². The number of carbonyl (C=O) groups excluding carboxylic acids is 1. The quantitative estimate of drug-likeness (QED) is 0.584. The Labute approximate surface area is 151 Å². The highest BCUT2D eigenvalue weighted by Crippen LogP contribution is 2.28. The van der Waals surface area contributed by atoms with Gasteiger partial charge in [-0.1, -0.05) is 15.9 Å². The third-order valence-corrected chi connectivity index (χ3v) is 4.91. The molecule has 0 atom stereocenters. The highest BCUT2D eigenvalue weighted by atomic mass is 79.9. The molecule has 2 aromatic carbocycles. The van der Waals surface area contributed by atoms with Gasteiger partial charge < -0.3 is 0 Å². The van der Waals surface area contributed by atoms with E-state index in [9.17, 15) is 9.18 Å². The number of rotatable bonds is 4. The van der Waals surface area contributed by atoms with Gasteiger partial charge in [-0.15, -0.1) is 11.3 Å². The summed E-state index contributed by atoms with van der Waals surface area (Å²) >= 11 is 4.76. The van der Waals surface area contributed by atoms with Crippen LogP contribution in [0.1, 0.15) is 17.3 Å². The third-order valence-electron chi connectivity index (χ3n) is 3.52. The Morgan fingerprint density at radius 2 is 1.83 bits per heavy atom. The second-order valence-electron chi connectivity index (χ2n) is 5.08. The van der Waals surface area contributed by atoms with Crippen molar-refractivity contribution in [1.82, 2.24) is 4.98 Å². The monoisotopic (exact) mass is 404 g/mol. The fourth-order valence-electron chi connectivity index (χ4n) is 2.26. The highest BCUT2D eigenvalue weighted by Gasteiger charge is 2.19. The average Bonchev–Trinajstić information content (AvgIpc) is 3.06. The van der Waals surface area contributed by atoms with Crippen molar-refractivity contribution < 1.29 is 9.18 Å². The fourth-order valence-corrected chi connectivity index (χ4v) is 3.42. The Morgan fingerprint density at radius 1 is 1.17 bits per heavy atom. The maximum atomic E-state index is 13.0. The summed E-state index contributed by atoms with van der Waals surface area (Å²) in [5, 5.41) is 2.50. The standard InChI is InChI=1S/C18H14BrFN2OS/c1-2-22(17(23)13-3-7-14(19)8-4-13)18-21-16(11-24-18)12-5-9-15(20)10-6-12/h3-11H,2H2,1H3. The van der Waals surface area contributed by atoms with E-state index in [4.69, 9.17) is 0 Å². The third kappa shape index (κ3) is 3.55. The minimum Gasteiger partial charge on any atom is -0.284 e. The lowest BCUT2D eigenvalue weighted by Gasteiger charge is -2.17. The Hall–Kier alpha value is -2.05. The maximum absolute atomic E-state index is 13.0. The molecule has 0 spiro atoms. The van der Waals surface area contributed by atoms with Crippen LogP contribution in [0.4, 0.5) is 9.52 Å². The van der Waals surface area contributed by atoms with Crippen LogP contribution in [0.3, 0.4) is 0 Å². The van der Waals surface area contributed by atoms with E-state index in [-0.39, 0.29) is 11.7 Å². The molecule has 0 aliphatic heterocycles. The molecule has 1 amide bonds. The summed E-state index contributed by atoms with van der Waals surface area (Å²) in [5.41, 5.74) is 2.17. The smallest absolute Gasteiger partial charge is 0.260 e. The van der Waals surface area contributed by atoms with E-state index in [1.165, 1.54) is 23.5 Å². The van der Waals surface area contributed by atoms with Crippen molar-refractivity contribution in [3.05, 3.63) is 69.8 Å².